The van der Waals surface area contributed by atoms with Crippen molar-refractivity contribution in [1.82, 2.24) is 4.72 Å². The highest BCUT2D eigenvalue weighted by Gasteiger charge is 2.17. The summed E-state index contributed by atoms with van der Waals surface area (Å²) in [6.07, 6.45) is 3.50. The van der Waals surface area contributed by atoms with E-state index in [4.69, 9.17) is 9.47 Å². The summed E-state index contributed by atoms with van der Waals surface area (Å²) in [5.74, 6) is -0.630. The number of nitrogens with one attached hydrogen (secondary N) is 2. The van der Waals surface area contributed by atoms with Crippen molar-refractivity contribution < 1.29 is 27.5 Å². The number of ether oxygens (including phenoxy) is 2. The van der Waals surface area contributed by atoms with E-state index in [-0.39, 0.29) is 10.6 Å². The molecule has 0 aromatic heterocycles. The van der Waals surface area contributed by atoms with Crippen LogP contribution >= 0.6 is 0 Å². The lowest BCUT2D eigenvalue weighted by Crippen LogP contribution is -2.19. The third-order valence-corrected chi connectivity index (χ3v) is 5.43. The molecule has 1 amide bonds. The summed E-state index contributed by atoms with van der Waals surface area (Å²) in [6, 6.07) is 10.9. The fraction of sp³-hybridized carbons (Fsp3) is 0.238. The van der Waals surface area contributed by atoms with Gasteiger partial charge in [-0.25, -0.2) is 17.9 Å². The van der Waals surface area contributed by atoms with E-state index < -0.39 is 21.9 Å². The van der Waals surface area contributed by atoms with Crippen LogP contribution in [0.4, 0.5) is 5.69 Å². The lowest BCUT2D eigenvalue weighted by atomic mass is 10.2. The van der Waals surface area contributed by atoms with E-state index in [2.05, 4.69) is 10.0 Å². The molecular weight excluding hydrogens is 408 g/mol. The summed E-state index contributed by atoms with van der Waals surface area (Å²) >= 11 is 0. The van der Waals surface area contributed by atoms with Gasteiger partial charge >= 0.3 is 5.97 Å². The van der Waals surface area contributed by atoms with Crippen molar-refractivity contribution in [2.24, 2.45) is 0 Å². The van der Waals surface area contributed by atoms with Crippen LogP contribution in [0.25, 0.3) is 6.08 Å². The van der Waals surface area contributed by atoms with Crippen molar-refractivity contribution >= 4 is 33.7 Å². The second-order valence-corrected chi connectivity index (χ2v) is 8.01. The van der Waals surface area contributed by atoms with E-state index in [1.165, 1.54) is 38.4 Å². The lowest BCUT2D eigenvalue weighted by molar-refractivity contribution is -0.111. The minimum absolute atomic E-state index is 0.0272. The zero-order valence-corrected chi connectivity index (χ0v) is 17.8. The summed E-state index contributed by atoms with van der Waals surface area (Å²) in [6.45, 7) is 2.26. The largest absolute Gasteiger partial charge is 0.495 e. The summed E-state index contributed by atoms with van der Waals surface area (Å²) in [7, 11) is -1.03. The minimum atomic E-state index is -3.71. The first kappa shape index (κ1) is 23.1. The molecule has 0 bridgehead atoms. The van der Waals surface area contributed by atoms with Crippen LogP contribution < -0.4 is 14.8 Å². The van der Waals surface area contributed by atoms with Crippen LogP contribution in [0, 0.1) is 0 Å². The molecule has 0 aliphatic rings. The third kappa shape index (κ3) is 6.16. The molecule has 0 aliphatic carbocycles. The number of carbonyl (C=O) groups is 2. The van der Waals surface area contributed by atoms with Gasteiger partial charge in [-0.15, -0.1) is 0 Å². The van der Waals surface area contributed by atoms with Gasteiger partial charge in [0.05, 0.1) is 19.3 Å². The average Bonchev–Trinajstić information content (AvgIpc) is 2.76. The lowest BCUT2D eigenvalue weighted by Gasteiger charge is -2.09. The van der Waals surface area contributed by atoms with E-state index in [0.29, 0.717) is 23.4 Å². The topological polar surface area (TPSA) is 111 Å². The van der Waals surface area contributed by atoms with Gasteiger partial charge in [-0.3, -0.25) is 4.79 Å². The van der Waals surface area contributed by atoms with Gasteiger partial charge in [0.15, 0.2) is 0 Å². The fourth-order valence-corrected chi connectivity index (χ4v) is 3.37. The Morgan fingerprint density at radius 1 is 1.10 bits per heavy atom. The van der Waals surface area contributed by atoms with Crippen LogP contribution in [0.2, 0.25) is 0 Å². The van der Waals surface area contributed by atoms with Crippen molar-refractivity contribution in [1.29, 1.82) is 0 Å². The maximum Gasteiger partial charge on any atom is 0.338 e. The molecule has 2 rings (SSSR count). The maximum atomic E-state index is 12.2. The van der Waals surface area contributed by atoms with Crippen LogP contribution in [0.3, 0.4) is 0 Å². The molecule has 0 aliphatic heterocycles. The summed E-state index contributed by atoms with van der Waals surface area (Å²) in [5.41, 5.74) is 1.41. The Morgan fingerprint density at radius 3 is 2.40 bits per heavy atom. The highest BCUT2D eigenvalue weighted by molar-refractivity contribution is 7.89. The first-order chi connectivity index (χ1) is 14.3. The highest BCUT2D eigenvalue weighted by Crippen LogP contribution is 2.25. The van der Waals surface area contributed by atoms with Crippen LogP contribution in [0.1, 0.15) is 29.3 Å². The number of hydrogen-bond acceptors (Lipinski definition) is 6. The van der Waals surface area contributed by atoms with Gasteiger partial charge < -0.3 is 14.8 Å². The van der Waals surface area contributed by atoms with Crippen molar-refractivity contribution in [3.63, 3.8) is 0 Å². The van der Waals surface area contributed by atoms with Crippen LogP contribution in [0.15, 0.2) is 53.4 Å². The number of methoxy groups -OCH3 is 1. The zero-order chi connectivity index (χ0) is 22.1. The molecule has 8 nitrogen and oxygen atoms in total. The third-order valence-electron chi connectivity index (χ3n) is 4.00. The molecule has 2 N–H and O–H groups in total. The Labute approximate surface area is 175 Å². The molecule has 0 heterocycles. The van der Waals surface area contributed by atoms with Crippen LogP contribution in [-0.2, 0) is 19.6 Å². The molecule has 0 saturated heterocycles. The van der Waals surface area contributed by atoms with Crippen molar-refractivity contribution in [2.75, 3.05) is 26.1 Å². The molecule has 0 radical (unpaired) electrons. The highest BCUT2D eigenvalue weighted by atomic mass is 32.2. The van der Waals surface area contributed by atoms with Crippen LogP contribution in [-0.4, -0.2) is 41.1 Å². The molecule has 30 heavy (non-hydrogen) atoms. The molecule has 2 aromatic rings. The summed E-state index contributed by atoms with van der Waals surface area (Å²) in [4.78, 5) is 23.9. The Hall–Kier alpha value is -3.17. The van der Waals surface area contributed by atoms with Gasteiger partial charge in [-0.1, -0.05) is 13.0 Å². The first-order valence-electron chi connectivity index (χ1n) is 9.18. The second kappa shape index (κ2) is 10.6. The monoisotopic (exact) mass is 432 g/mol. The Kier molecular flexibility index (Phi) is 8.14. The fourth-order valence-electron chi connectivity index (χ4n) is 2.44. The Bertz CT molecular complexity index is 1030. The van der Waals surface area contributed by atoms with Gasteiger partial charge in [-0.2, -0.15) is 0 Å². The average molecular weight is 432 g/mol. The van der Waals surface area contributed by atoms with Gasteiger partial charge in [0.1, 0.15) is 10.6 Å². The molecular formula is C21H24N2O6S. The van der Waals surface area contributed by atoms with Gasteiger partial charge in [0.2, 0.25) is 15.9 Å². The number of rotatable bonds is 9. The van der Waals surface area contributed by atoms with E-state index in [0.717, 1.165) is 6.42 Å². The summed E-state index contributed by atoms with van der Waals surface area (Å²) < 4.78 is 36.6. The number of amides is 1. The smallest absolute Gasteiger partial charge is 0.338 e. The maximum absolute atomic E-state index is 12.2. The number of anilines is 1. The Morgan fingerprint density at radius 2 is 1.80 bits per heavy atom. The number of carbonyl (C=O) groups excluding carboxylic acids is 2. The van der Waals surface area contributed by atoms with E-state index in [1.54, 1.807) is 30.3 Å². The first-order valence-corrected chi connectivity index (χ1v) is 10.7. The predicted octanol–water partition coefficient (Wildman–Crippen LogP) is 2.82. The molecule has 0 saturated carbocycles. The standard InChI is InChI=1S/C21H24N2O6S/c1-4-13-29-21(25)16-7-9-17(10-8-16)23-20(24)12-6-15-5-11-18(28-3)19(14-15)30(26,27)22-2/h5-12,14,22H,4,13H2,1-3H3,(H,23,24)/b12-6+. The molecule has 0 atom stereocenters. The molecule has 0 fully saturated rings. The van der Waals surface area contributed by atoms with E-state index in [9.17, 15) is 18.0 Å². The SMILES string of the molecule is CCCOC(=O)c1ccc(NC(=O)/C=C/c2ccc(OC)c(S(=O)(=O)NC)c2)cc1. The van der Waals surface area contributed by atoms with Gasteiger partial charge in [0, 0.05) is 11.8 Å². The van der Waals surface area contributed by atoms with Crippen LogP contribution in [0.5, 0.6) is 5.75 Å². The number of sulfonamides is 1. The number of hydrogen-bond donors (Lipinski definition) is 2. The molecule has 0 spiro atoms. The number of benzene rings is 2. The van der Waals surface area contributed by atoms with Crippen molar-refractivity contribution in [3.05, 3.63) is 59.7 Å². The Balaban J connectivity index is 2.08. The normalized spacial score (nSPS) is 11.3. The van der Waals surface area contributed by atoms with Gasteiger partial charge in [-0.05, 0) is 61.5 Å². The van der Waals surface area contributed by atoms with Crippen molar-refractivity contribution in [2.45, 2.75) is 18.2 Å². The summed E-state index contributed by atoms with van der Waals surface area (Å²) in [5, 5.41) is 2.67. The van der Waals surface area contributed by atoms with E-state index >= 15 is 0 Å². The predicted molar refractivity (Wildman–Crippen MR) is 114 cm³/mol. The van der Waals surface area contributed by atoms with Gasteiger partial charge in [0.25, 0.3) is 0 Å². The van der Waals surface area contributed by atoms with Crippen molar-refractivity contribution in [3.8, 4) is 5.75 Å². The molecule has 9 heteroatoms. The second-order valence-electron chi connectivity index (χ2n) is 6.15. The zero-order valence-electron chi connectivity index (χ0n) is 17.0. The molecule has 160 valence electrons. The minimum Gasteiger partial charge on any atom is -0.495 e. The quantitative estimate of drug-likeness (QED) is 0.466. The number of esters is 1. The molecule has 0 unspecified atom stereocenters. The van der Waals surface area contributed by atoms with E-state index in [1.807, 2.05) is 6.92 Å². The molecule has 2 aromatic carbocycles.